The third kappa shape index (κ3) is 4.04. The third-order valence-corrected chi connectivity index (χ3v) is 1.72. The molecule has 1 heterocycles. The molecular formula is C8H4F4N2O5. The number of hydrogen-bond donors (Lipinski definition) is 1. The molecule has 0 amide bonds. The quantitative estimate of drug-likeness (QED) is 0.512. The molecule has 0 aliphatic carbocycles. The van der Waals surface area contributed by atoms with Crippen molar-refractivity contribution in [3.8, 4) is 5.88 Å². The Morgan fingerprint density at radius 1 is 1.53 bits per heavy atom. The molecule has 0 bridgehead atoms. The highest BCUT2D eigenvalue weighted by Crippen LogP contribution is 2.28. The van der Waals surface area contributed by atoms with Gasteiger partial charge in [-0.1, -0.05) is 0 Å². The molecule has 1 N–H and O–H groups in total. The third-order valence-electron chi connectivity index (χ3n) is 1.72. The average molecular weight is 284 g/mol. The van der Waals surface area contributed by atoms with Gasteiger partial charge in [0.2, 0.25) is 11.7 Å². The van der Waals surface area contributed by atoms with Crippen molar-refractivity contribution in [2.45, 2.75) is 12.8 Å². The molecular weight excluding hydrogens is 280 g/mol. The van der Waals surface area contributed by atoms with Crippen LogP contribution in [0.1, 0.15) is 5.69 Å². The first-order valence-corrected chi connectivity index (χ1v) is 4.41. The van der Waals surface area contributed by atoms with Crippen LogP contribution in [0.4, 0.5) is 23.2 Å². The lowest BCUT2D eigenvalue weighted by atomic mass is 10.2. The number of aromatic nitrogens is 1. The van der Waals surface area contributed by atoms with Crippen LogP contribution in [0.2, 0.25) is 0 Å². The van der Waals surface area contributed by atoms with Gasteiger partial charge in [-0.2, -0.15) is 4.39 Å². The number of nitro groups is 1. The Morgan fingerprint density at radius 3 is 2.53 bits per heavy atom. The largest absolute Gasteiger partial charge is 0.574 e. The van der Waals surface area contributed by atoms with Gasteiger partial charge in [0.15, 0.2) is 0 Å². The molecule has 11 heteroatoms. The molecule has 0 aliphatic heterocycles. The van der Waals surface area contributed by atoms with Crippen LogP contribution >= 0.6 is 0 Å². The number of alkyl halides is 3. The van der Waals surface area contributed by atoms with E-state index in [-0.39, 0.29) is 6.07 Å². The zero-order valence-electron chi connectivity index (χ0n) is 8.77. The molecule has 0 saturated carbocycles. The fourth-order valence-electron chi connectivity index (χ4n) is 1.11. The van der Waals surface area contributed by atoms with Crippen LogP contribution in [0, 0.1) is 15.9 Å². The molecule has 0 atom stereocenters. The summed E-state index contributed by atoms with van der Waals surface area (Å²) in [6.45, 7) is 0. The van der Waals surface area contributed by atoms with Gasteiger partial charge in [-0.3, -0.25) is 14.9 Å². The minimum Gasteiger partial charge on any atom is -0.481 e. The second kappa shape index (κ2) is 5.04. The minimum atomic E-state index is -5.20. The standard InChI is InChI=1S/C8H4F4N2O5/c9-7-3(1-6(15)16)13-5(19-8(10,11)12)2-4(7)14(17)18/h2H,1H2,(H,15,16). The Bertz CT molecular complexity index is 531. The van der Waals surface area contributed by atoms with Crippen LogP contribution < -0.4 is 4.74 Å². The Balaban J connectivity index is 3.30. The van der Waals surface area contributed by atoms with Gasteiger partial charge in [0.1, 0.15) is 0 Å². The van der Waals surface area contributed by atoms with Gasteiger partial charge in [-0.05, 0) is 0 Å². The monoisotopic (exact) mass is 284 g/mol. The van der Waals surface area contributed by atoms with E-state index in [9.17, 15) is 32.5 Å². The van der Waals surface area contributed by atoms with Crippen molar-refractivity contribution in [2.24, 2.45) is 0 Å². The Kier molecular flexibility index (Phi) is 3.87. The first-order chi connectivity index (χ1) is 8.60. The van der Waals surface area contributed by atoms with Gasteiger partial charge in [-0.15, -0.1) is 13.2 Å². The summed E-state index contributed by atoms with van der Waals surface area (Å²) in [6.07, 6.45) is -6.32. The van der Waals surface area contributed by atoms with E-state index in [1.807, 2.05) is 0 Å². The zero-order chi connectivity index (χ0) is 14.8. The average Bonchev–Trinajstić information content (AvgIpc) is 2.19. The number of ether oxygens (including phenoxy) is 1. The van der Waals surface area contributed by atoms with Gasteiger partial charge >= 0.3 is 18.0 Å². The molecule has 0 saturated heterocycles. The Morgan fingerprint density at radius 2 is 2.11 bits per heavy atom. The molecule has 0 radical (unpaired) electrons. The summed E-state index contributed by atoms with van der Waals surface area (Å²) >= 11 is 0. The number of carboxylic acids is 1. The van der Waals surface area contributed by atoms with E-state index in [0.717, 1.165) is 0 Å². The summed E-state index contributed by atoms with van der Waals surface area (Å²) in [5.41, 5.74) is -2.38. The number of hydrogen-bond acceptors (Lipinski definition) is 5. The molecule has 104 valence electrons. The van der Waals surface area contributed by atoms with Gasteiger partial charge in [-0.25, -0.2) is 4.98 Å². The SMILES string of the molecule is O=C(O)Cc1nc(OC(F)(F)F)cc([N+](=O)[O-])c1F. The Hall–Kier alpha value is -2.46. The number of nitrogens with zero attached hydrogens (tertiary/aromatic N) is 2. The molecule has 0 fully saturated rings. The normalized spacial score (nSPS) is 11.2. The highest BCUT2D eigenvalue weighted by atomic mass is 19.4. The summed E-state index contributed by atoms with van der Waals surface area (Å²) in [5.74, 6) is -4.55. The zero-order valence-corrected chi connectivity index (χ0v) is 8.77. The van der Waals surface area contributed by atoms with Crippen molar-refractivity contribution in [2.75, 3.05) is 0 Å². The number of rotatable bonds is 4. The first kappa shape index (κ1) is 14.6. The fraction of sp³-hybridized carbons (Fsp3) is 0.250. The van der Waals surface area contributed by atoms with Crippen LogP contribution in [-0.4, -0.2) is 27.3 Å². The van der Waals surface area contributed by atoms with Gasteiger partial charge in [0.25, 0.3) is 0 Å². The summed E-state index contributed by atoms with van der Waals surface area (Å²) in [7, 11) is 0. The maximum atomic E-state index is 13.4. The van der Waals surface area contributed by atoms with E-state index >= 15 is 0 Å². The fourth-order valence-corrected chi connectivity index (χ4v) is 1.11. The maximum Gasteiger partial charge on any atom is 0.574 e. The summed E-state index contributed by atoms with van der Waals surface area (Å²) in [5, 5.41) is 18.8. The predicted molar refractivity (Wildman–Crippen MR) is 48.9 cm³/mol. The van der Waals surface area contributed by atoms with Gasteiger partial charge in [0, 0.05) is 0 Å². The van der Waals surface area contributed by atoms with Gasteiger partial charge < -0.3 is 9.84 Å². The van der Waals surface area contributed by atoms with E-state index < -0.39 is 46.8 Å². The van der Waals surface area contributed by atoms with Gasteiger partial charge in [0.05, 0.1) is 23.1 Å². The van der Waals surface area contributed by atoms with E-state index in [1.165, 1.54) is 0 Å². The molecule has 1 aromatic heterocycles. The number of carbonyl (C=O) groups is 1. The highest BCUT2D eigenvalue weighted by Gasteiger charge is 2.34. The lowest BCUT2D eigenvalue weighted by molar-refractivity contribution is -0.387. The van der Waals surface area contributed by atoms with Crippen molar-refractivity contribution in [3.63, 3.8) is 0 Å². The summed E-state index contributed by atoms with van der Waals surface area (Å²) in [4.78, 5) is 22.4. The van der Waals surface area contributed by atoms with E-state index in [4.69, 9.17) is 5.11 Å². The topological polar surface area (TPSA) is 103 Å². The number of carboxylic acid groups (broad SMARTS) is 1. The minimum absolute atomic E-state index is 0.119. The van der Waals surface area contributed by atoms with Crippen molar-refractivity contribution in [1.29, 1.82) is 0 Å². The molecule has 0 aromatic carbocycles. The number of pyridine rings is 1. The maximum absolute atomic E-state index is 13.4. The summed E-state index contributed by atoms with van der Waals surface area (Å²) in [6, 6.07) is 0.119. The van der Waals surface area contributed by atoms with Crippen molar-refractivity contribution < 1.29 is 37.1 Å². The molecule has 0 unspecified atom stereocenters. The van der Waals surface area contributed by atoms with Crippen molar-refractivity contribution in [3.05, 3.63) is 27.7 Å². The summed E-state index contributed by atoms with van der Waals surface area (Å²) < 4.78 is 52.5. The van der Waals surface area contributed by atoms with E-state index in [0.29, 0.717) is 0 Å². The van der Waals surface area contributed by atoms with Crippen molar-refractivity contribution >= 4 is 11.7 Å². The molecule has 7 nitrogen and oxygen atoms in total. The number of aliphatic carboxylic acids is 1. The van der Waals surface area contributed by atoms with Crippen molar-refractivity contribution in [1.82, 2.24) is 4.98 Å². The van der Waals surface area contributed by atoms with Crippen LogP contribution in [0.25, 0.3) is 0 Å². The van der Waals surface area contributed by atoms with Crippen LogP contribution in [-0.2, 0) is 11.2 Å². The van der Waals surface area contributed by atoms with E-state index in [1.54, 1.807) is 0 Å². The first-order valence-electron chi connectivity index (χ1n) is 4.41. The van der Waals surface area contributed by atoms with E-state index in [2.05, 4.69) is 9.72 Å². The molecule has 19 heavy (non-hydrogen) atoms. The molecule has 1 aromatic rings. The molecule has 0 spiro atoms. The molecule has 1 rings (SSSR count). The molecule has 0 aliphatic rings. The van der Waals surface area contributed by atoms with Crippen LogP contribution in [0.3, 0.4) is 0 Å². The second-order valence-corrected chi connectivity index (χ2v) is 3.12. The number of halogens is 4. The predicted octanol–water partition coefficient (Wildman–Crippen LogP) is 1.65. The smallest absolute Gasteiger partial charge is 0.481 e. The highest BCUT2D eigenvalue weighted by molar-refractivity contribution is 5.70. The van der Waals surface area contributed by atoms with Crippen LogP contribution in [0.15, 0.2) is 6.07 Å². The van der Waals surface area contributed by atoms with Crippen LogP contribution in [0.5, 0.6) is 5.88 Å². The second-order valence-electron chi connectivity index (χ2n) is 3.12. The lowest BCUT2D eigenvalue weighted by Crippen LogP contribution is -2.19. The lowest BCUT2D eigenvalue weighted by Gasteiger charge is -2.09. The Labute approximate surface area is 101 Å².